The molecule has 0 saturated carbocycles. The lowest BCUT2D eigenvalue weighted by atomic mass is 10.2. The first-order chi connectivity index (χ1) is 12.4. The number of thiazole rings is 1. The molecule has 3 aromatic heterocycles. The van der Waals surface area contributed by atoms with Crippen molar-refractivity contribution in [2.24, 2.45) is 0 Å². The molecule has 0 unspecified atom stereocenters. The third-order valence-electron chi connectivity index (χ3n) is 4.84. The van der Waals surface area contributed by atoms with Crippen molar-refractivity contribution in [3.63, 3.8) is 0 Å². The molecule has 0 fully saturated rings. The van der Waals surface area contributed by atoms with E-state index in [0.29, 0.717) is 12.4 Å². The second kappa shape index (κ2) is 6.57. The van der Waals surface area contributed by atoms with Gasteiger partial charge in [-0.3, -0.25) is 9.69 Å². The summed E-state index contributed by atoms with van der Waals surface area (Å²) in [5.74, 6) is 0.701. The van der Waals surface area contributed by atoms with Crippen LogP contribution in [0, 0.1) is 13.8 Å². The van der Waals surface area contributed by atoms with Gasteiger partial charge in [0.05, 0.1) is 28.2 Å². The van der Waals surface area contributed by atoms with Gasteiger partial charge >= 0.3 is 0 Å². The van der Waals surface area contributed by atoms with Crippen LogP contribution >= 0.6 is 22.7 Å². The lowest BCUT2D eigenvalue weighted by Crippen LogP contribution is -2.25. The largest absolute Gasteiger partial charge is 0.309 e. The van der Waals surface area contributed by atoms with Gasteiger partial charge in [0.2, 0.25) is 0 Å². The lowest BCUT2D eigenvalue weighted by molar-refractivity contribution is 0.244. The molecule has 0 aliphatic carbocycles. The van der Waals surface area contributed by atoms with Gasteiger partial charge in [0.15, 0.2) is 0 Å². The predicted molar refractivity (Wildman–Crippen MR) is 109 cm³/mol. The molecule has 0 aliphatic rings. The van der Waals surface area contributed by atoms with Crippen molar-refractivity contribution in [3.05, 3.63) is 55.9 Å². The number of para-hydroxylation sites is 1. The van der Waals surface area contributed by atoms with Crippen LogP contribution in [0.15, 0.2) is 29.1 Å². The second-order valence-electron chi connectivity index (χ2n) is 6.58. The molecule has 0 spiro atoms. The Hall–Kier alpha value is -2.09. The fourth-order valence-corrected chi connectivity index (χ4v) is 5.08. The molecule has 3 heterocycles. The van der Waals surface area contributed by atoms with Gasteiger partial charge in [-0.2, -0.15) is 0 Å². The molecule has 5 nitrogen and oxygen atoms in total. The molecule has 1 aromatic carbocycles. The highest BCUT2D eigenvalue weighted by atomic mass is 32.1. The summed E-state index contributed by atoms with van der Waals surface area (Å²) < 4.78 is 1.20. The monoisotopic (exact) mass is 384 g/mol. The fraction of sp³-hybridized carbons (Fsp3) is 0.316. The Morgan fingerprint density at radius 2 is 1.96 bits per heavy atom. The van der Waals surface area contributed by atoms with E-state index < -0.39 is 0 Å². The average molecular weight is 385 g/mol. The van der Waals surface area contributed by atoms with E-state index in [1.807, 2.05) is 39.1 Å². The fourth-order valence-electron chi connectivity index (χ4n) is 3.02. The number of benzene rings is 1. The van der Waals surface area contributed by atoms with Crippen LogP contribution < -0.4 is 5.56 Å². The Kier molecular flexibility index (Phi) is 4.38. The first-order valence-corrected chi connectivity index (χ1v) is 10.1. The summed E-state index contributed by atoms with van der Waals surface area (Å²) in [7, 11) is 2.03. The SMILES string of the molecule is Cc1sc2nc([C@@H](C)N(C)Cc3nc4ccccc4s3)[nH]c(=O)c2c1C. The first kappa shape index (κ1) is 17.3. The van der Waals surface area contributed by atoms with E-state index in [1.54, 1.807) is 22.7 Å². The van der Waals surface area contributed by atoms with Crippen molar-refractivity contribution in [1.82, 2.24) is 19.9 Å². The minimum atomic E-state index is -0.0490. The maximum absolute atomic E-state index is 12.5. The Morgan fingerprint density at radius 3 is 2.73 bits per heavy atom. The highest BCUT2D eigenvalue weighted by Gasteiger charge is 2.19. The van der Waals surface area contributed by atoms with Crippen LogP contribution in [0.4, 0.5) is 0 Å². The van der Waals surface area contributed by atoms with E-state index in [1.165, 1.54) is 4.70 Å². The molecule has 0 radical (unpaired) electrons. The number of nitrogens with one attached hydrogen (secondary N) is 1. The summed E-state index contributed by atoms with van der Waals surface area (Å²) in [6, 6.07) is 8.15. The lowest BCUT2D eigenvalue weighted by Gasteiger charge is -2.22. The molecule has 0 amide bonds. The van der Waals surface area contributed by atoms with Crippen molar-refractivity contribution < 1.29 is 0 Å². The van der Waals surface area contributed by atoms with Crippen molar-refractivity contribution in [3.8, 4) is 0 Å². The Balaban J connectivity index is 1.63. The van der Waals surface area contributed by atoms with Gasteiger partial charge in [0, 0.05) is 4.88 Å². The molecule has 4 rings (SSSR count). The summed E-state index contributed by atoms with van der Waals surface area (Å²) in [5.41, 5.74) is 2.01. The Bertz CT molecular complexity index is 1120. The normalized spacial score (nSPS) is 13.1. The molecular weight excluding hydrogens is 364 g/mol. The van der Waals surface area contributed by atoms with Crippen LogP contribution in [0.1, 0.15) is 34.2 Å². The topological polar surface area (TPSA) is 61.9 Å². The third-order valence-corrected chi connectivity index (χ3v) is 6.96. The summed E-state index contributed by atoms with van der Waals surface area (Å²) >= 11 is 3.29. The number of hydrogen-bond acceptors (Lipinski definition) is 6. The van der Waals surface area contributed by atoms with Crippen LogP contribution in [0.2, 0.25) is 0 Å². The molecule has 0 saturated heterocycles. The average Bonchev–Trinajstić information content (AvgIpc) is 3.14. The van der Waals surface area contributed by atoms with E-state index in [9.17, 15) is 4.79 Å². The Morgan fingerprint density at radius 1 is 1.19 bits per heavy atom. The van der Waals surface area contributed by atoms with Gasteiger partial charge in [-0.1, -0.05) is 12.1 Å². The van der Waals surface area contributed by atoms with Crippen LogP contribution in [0.5, 0.6) is 0 Å². The predicted octanol–water partition coefficient (Wildman–Crippen LogP) is 4.40. The minimum Gasteiger partial charge on any atom is -0.309 e. The summed E-state index contributed by atoms with van der Waals surface area (Å²) in [4.78, 5) is 29.0. The van der Waals surface area contributed by atoms with Crippen molar-refractivity contribution >= 4 is 43.1 Å². The van der Waals surface area contributed by atoms with E-state index in [2.05, 4.69) is 22.9 Å². The smallest absolute Gasteiger partial charge is 0.259 e. The summed E-state index contributed by atoms with van der Waals surface area (Å²) in [6.07, 6.45) is 0. The maximum Gasteiger partial charge on any atom is 0.259 e. The van der Waals surface area contributed by atoms with E-state index in [0.717, 1.165) is 31.2 Å². The molecule has 7 heteroatoms. The number of aryl methyl sites for hydroxylation is 2. The van der Waals surface area contributed by atoms with Gasteiger partial charge in [-0.25, -0.2) is 9.97 Å². The highest BCUT2D eigenvalue weighted by Crippen LogP contribution is 2.28. The van der Waals surface area contributed by atoms with Crippen LogP contribution in [0.3, 0.4) is 0 Å². The molecule has 134 valence electrons. The number of thiophene rings is 1. The van der Waals surface area contributed by atoms with Gasteiger partial charge in [-0.05, 0) is 45.5 Å². The molecule has 1 atom stereocenters. The third kappa shape index (κ3) is 2.96. The quantitative estimate of drug-likeness (QED) is 0.566. The Labute approximate surface area is 159 Å². The first-order valence-electron chi connectivity index (χ1n) is 8.48. The van der Waals surface area contributed by atoms with Gasteiger partial charge in [0.25, 0.3) is 5.56 Å². The zero-order chi connectivity index (χ0) is 18.4. The number of aromatic amines is 1. The van der Waals surface area contributed by atoms with Crippen molar-refractivity contribution in [2.45, 2.75) is 33.4 Å². The molecule has 0 bridgehead atoms. The summed E-state index contributed by atoms with van der Waals surface area (Å²) in [5, 5.41) is 1.78. The summed E-state index contributed by atoms with van der Waals surface area (Å²) in [6.45, 7) is 6.78. The molecule has 1 N–H and O–H groups in total. The molecule has 0 aliphatic heterocycles. The number of rotatable bonds is 4. The highest BCUT2D eigenvalue weighted by molar-refractivity contribution is 7.19. The van der Waals surface area contributed by atoms with E-state index >= 15 is 0 Å². The standard InChI is InChI=1S/C19H20N4OS2/c1-10-12(3)25-19-16(10)18(24)21-17(22-19)11(2)23(4)9-15-20-13-7-5-6-8-14(13)26-15/h5-8,11H,9H2,1-4H3,(H,21,22,24)/t11-/m1/s1. The number of fused-ring (bicyclic) bond motifs is 2. The zero-order valence-electron chi connectivity index (χ0n) is 15.2. The zero-order valence-corrected chi connectivity index (χ0v) is 16.8. The number of H-pyrrole nitrogens is 1. The number of nitrogens with zero attached hydrogens (tertiary/aromatic N) is 3. The van der Waals surface area contributed by atoms with Crippen LogP contribution in [0.25, 0.3) is 20.4 Å². The number of hydrogen-bond donors (Lipinski definition) is 1. The second-order valence-corrected chi connectivity index (χ2v) is 8.90. The number of aromatic nitrogens is 3. The van der Waals surface area contributed by atoms with Crippen LogP contribution in [-0.2, 0) is 6.54 Å². The van der Waals surface area contributed by atoms with Gasteiger partial charge in [0.1, 0.15) is 15.7 Å². The van der Waals surface area contributed by atoms with Crippen molar-refractivity contribution in [1.29, 1.82) is 0 Å². The van der Waals surface area contributed by atoms with Gasteiger partial charge in [-0.15, -0.1) is 22.7 Å². The molecular formula is C19H20N4OS2. The maximum atomic E-state index is 12.5. The van der Waals surface area contributed by atoms with Gasteiger partial charge < -0.3 is 4.98 Å². The van der Waals surface area contributed by atoms with Crippen LogP contribution in [-0.4, -0.2) is 26.9 Å². The molecule has 4 aromatic rings. The minimum absolute atomic E-state index is 0.0122. The van der Waals surface area contributed by atoms with E-state index in [-0.39, 0.29) is 11.6 Å². The molecule has 26 heavy (non-hydrogen) atoms. The van der Waals surface area contributed by atoms with E-state index in [4.69, 9.17) is 9.97 Å². The van der Waals surface area contributed by atoms with Crippen molar-refractivity contribution in [2.75, 3.05) is 7.05 Å².